The molecule has 1 aliphatic heterocycles. The van der Waals surface area contributed by atoms with E-state index in [2.05, 4.69) is 15.1 Å². The Labute approximate surface area is 203 Å². The van der Waals surface area contributed by atoms with E-state index in [-0.39, 0.29) is 23.4 Å². The summed E-state index contributed by atoms with van der Waals surface area (Å²) in [6.45, 7) is 4.96. The van der Waals surface area contributed by atoms with Gasteiger partial charge in [-0.1, -0.05) is 31.2 Å². The van der Waals surface area contributed by atoms with Crippen LogP contribution >= 0.6 is 0 Å². The van der Waals surface area contributed by atoms with Crippen LogP contribution in [0.1, 0.15) is 25.3 Å². The Balaban J connectivity index is 1.55. The van der Waals surface area contributed by atoms with Crippen LogP contribution < -0.4 is 5.43 Å². The predicted octanol–water partition coefficient (Wildman–Crippen LogP) is 4.36. The predicted molar refractivity (Wildman–Crippen MR) is 134 cm³/mol. The summed E-state index contributed by atoms with van der Waals surface area (Å²) in [6, 6.07) is 11.3. The summed E-state index contributed by atoms with van der Waals surface area (Å²) in [5.74, 6) is -0.303. The molecule has 0 spiro atoms. The molecule has 0 atom stereocenters. The standard InChI is InChI=1S/C27H28FN5O2/c1-2-20-19-32(24-12-10-21(9-11-23(24)28)31-15-6-17-35-18-16-31)30-26(27(20)34)25-13-14-29-33(25)22-7-4-3-5-8-22/h3-5,7-10,12-14,19H,2,6,11,15-18H2,1H3. The molecule has 1 aromatic carbocycles. The molecule has 7 nitrogen and oxygen atoms in total. The number of aryl methyl sites for hydroxylation is 1. The van der Waals surface area contributed by atoms with E-state index >= 15 is 4.39 Å². The highest BCUT2D eigenvalue weighted by Crippen LogP contribution is 2.26. The van der Waals surface area contributed by atoms with Crippen molar-refractivity contribution in [3.8, 4) is 17.1 Å². The molecule has 180 valence electrons. The van der Waals surface area contributed by atoms with Gasteiger partial charge in [-0.25, -0.2) is 13.8 Å². The third-order valence-corrected chi connectivity index (χ3v) is 6.27. The Morgan fingerprint density at radius 3 is 2.77 bits per heavy atom. The highest BCUT2D eigenvalue weighted by atomic mass is 19.1. The summed E-state index contributed by atoms with van der Waals surface area (Å²) in [4.78, 5) is 15.5. The van der Waals surface area contributed by atoms with Gasteiger partial charge in [0.25, 0.3) is 0 Å². The zero-order valence-corrected chi connectivity index (χ0v) is 19.7. The van der Waals surface area contributed by atoms with E-state index in [9.17, 15) is 4.79 Å². The maximum Gasteiger partial charge on any atom is 0.212 e. The summed E-state index contributed by atoms with van der Waals surface area (Å²) in [6.07, 6.45) is 10.4. The van der Waals surface area contributed by atoms with E-state index in [4.69, 9.17) is 4.74 Å². The zero-order valence-electron chi connectivity index (χ0n) is 19.7. The maximum absolute atomic E-state index is 15.4. The van der Waals surface area contributed by atoms with E-state index in [0.717, 1.165) is 37.5 Å². The summed E-state index contributed by atoms with van der Waals surface area (Å²) < 4.78 is 24.1. The highest BCUT2D eigenvalue weighted by molar-refractivity contribution is 5.64. The lowest BCUT2D eigenvalue weighted by atomic mass is 10.1. The summed E-state index contributed by atoms with van der Waals surface area (Å²) in [7, 11) is 0. The van der Waals surface area contributed by atoms with Gasteiger partial charge in [0.05, 0.1) is 29.9 Å². The van der Waals surface area contributed by atoms with Crippen LogP contribution in [-0.2, 0) is 11.2 Å². The molecule has 1 saturated heterocycles. The molecule has 2 aliphatic rings. The average Bonchev–Trinajstić information content (AvgIpc) is 3.09. The van der Waals surface area contributed by atoms with Gasteiger partial charge in [-0.05, 0) is 43.2 Å². The first kappa shape index (κ1) is 23.0. The van der Waals surface area contributed by atoms with Crippen LogP contribution in [0, 0.1) is 0 Å². The lowest BCUT2D eigenvalue weighted by molar-refractivity contribution is 0.145. The summed E-state index contributed by atoms with van der Waals surface area (Å²) in [5, 5.41) is 9.02. The number of ether oxygens (including phenoxy) is 1. The van der Waals surface area contributed by atoms with Crippen molar-refractivity contribution in [1.82, 2.24) is 24.5 Å². The largest absolute Gasteiger partial charge is 0.380 e. The molecule has 8 heteroatoms. The van der Waals surface area contributed by atoms with Gasteiger partial charge in [0, 0.05) is 43.6 Å². The van der Waals surface area contributed by atoms with Gasteiger partial charge in [-0.2, -0.15) is 10.2 Å². The Hall–Kier alpha value is -3.78. The molecule has 35 heavy (non-hydrogen) atoms. The van der Waals surface area contributed by atoms with Crippen molar-refractivity contribution in [3.63, 3.8) is 0 Å². The third-order valence-electron chi connectivity index (χ3n) is 6.27. The lowest BCUT2D eigenvalue weighted by Gasteiger charge is -2.22. The van der Waals surface area contributed by atoms with Crippen LogP contribution in [0.5, 0.6) is 0 Å². The molecule has 0 unspecified atom stereocenters. The van der Waals surface area contributed by atoms with E-state index in [1.54, 1.807) is 29.2 Å². The van der Waals surface area contributed by atoms with Gasteiger partial charge in [-0.15, -0.1) is 0 Å². The van der Waals surface area contributed by atoms with E-state index in [0.29, 0.717) is 30.0 Å². The van der Waals surface area contributed by atoms with E-state index in [1.807, 2.05) is 49.4 Å². The number of halogens is 1. The van der Waals surface area contributed by atoms with Crippen LogP contribution in [0.4, 0.5) is 4.39 Å². The maximum atomic E-state index is 15.4. The second-order valence-electron chi connectivity index (χ2n) is 8.50. The van der Waals surface area contributed by atoms with E-state index < -0.39 is 0 Å². The van der Waals surface area contributed by atoms with Crippen molar-refractivity contribution in [1.29, 1.82) is 0 Å². The number of rotatable bonds is 5. The van der Waals surface area contributed by atoms with Crippen LogP contribution in [0.25, 0.3) is 22.8 Å². The monoisotopic (exact) mass is 473 g/mol. The fourth-order valence-electron chi connectivity index (χ4n) is 4.40. The first-order valence-corrected chi connectivity index (χ1v) is 12.0. The van der Waals surface area contributed by atoms with Crippen molar-refractivity contribution < 1.29 is 9.13 Å². The van der Waals surface area contributed by atoms with Gasteiger partial charge in [0.1, 0.15) is 5.83 Å². The van der Waals surface area contributed by atoms with Gasteiger partial charge in [0.15, 0.2) is 5.69 Å². The molecule has 3 heterocycles. The quantitative estimate of drug-likeness (QED) is 0.551. The molecule has 3 aromatic rings. The van der Waals surface area contributed by atoms with Crippen molar-refractivity contribution in [3.05, 3.63) is 94.3 Å². The normalized spacial score (nSPS) is 16.7. The first-order chi connectivity index (χ1) is 17.2. The van der Waals surface area contributed by atoms with Crippen molar-refractivity contribution >= 4 is 5.70 Å². The minimum Gasteiger partial charge on any atom is -0.380 e. The van der Waals surface area contributed by atoms with E-state index in [1.165, 1.54) is 4.68 Å². The van der Waals surface area contributed by atoms with Crippen molar-refractivity contribution in [2.75, 3.05) is 26.3 Å². The van der Waals surface area contributed by atoms with Gasteiger partial charge >= 0.3 is 0 Å². The third kappa shape index (κ3) is 4.74. The van der Waals surface area contributed by atoms with Crippen LogP contribution in [0.15, 0.2) is 83.3 Å². The molecule has 0 N–H and O–H groups in total. The molecule has 0 radical (unpaired) electrons. The molecule has 0 amide bonds. The summed E-state index contributed by atoms with van der Waals surface area (Å²) >= 11 is 0. The minimum absolute atomic E-state index is 0.154. The number of para-hydroxylation sites is 1. The summed E-state index contributed by atoms with van der Waals surface area (Å²) in [5.41, 5.74) is 3.30. The van der Waals surface area contributed by atoms with Crippen molar-refractivity contribution in [2.24, 2.45) is 0 Å². The number of nitrogens with zero attached hydrogens (tertiary/aromatic N) is 5. The van der Waals surface area contributed by atoms with Gasteiger partial charge < -0.3 is 9.64 Å². The second-order valence-corrected chi connectivity index (χ2v) is 8.50. The fourth-order valence-corrected chi connectivity index (χ4v) is 4.40. The molecule has 1 fully saturated rings. The fraction of sp³-hybridized carbons (Fsp3) is 0.296. The number of hydrogen-bond acceptors (Lipinski definition) is 5. The molecule has 2 aromatic heterocycles. The number of aromatic nitrogens is 4. The first-order valence-electron chi connectivity index (χ1n) is 12.0. The highest BCUT2D eigenvalue weighted by Gasteiger charge is 2.19. The average molecular weight is 474 g/mol. The van der Waals surface area contributed by atoms with Crippen LogP contribution in [0.2, 0.25) is 0 Å². The van der Waals surface area contributed by atoms with Crippen LogP contribution in [0.3, 0.4) is 0 Å². The molecule has 5 rings (SSSR count). The minimum atomic E-state index is -0.303. The number of hydrogen-bond donors (Lipinski definition) is 0. The van der Waals surface area contributed by atoms with Gasteiger partial charge in [0.2, 0.25) is 5.43 Å². The second kappa shape index (κ2) is 10.2. The molecule has 0 saturated carbocycles. The SMILES string of the molecule is CCc1cn(C2=C(F)CC=C(N3CCCOCC3)C=C2)nc(-c2ccnn2-c2ccccc2)c1=O. The Morgan fingerprint density at radius 1 is 1.09 bits per heavy atom. The lowest BCUT2D eigenvalue weighted by Crippen LogP contribution is -2.24. The Bertz CT molecular complexity index is 1350. The smallest absolute Gasteiger partial charge is 0.212 e. The number of benzene rings is 1. The molecule has 0 bridgehead atoms. The van der Waals surface area contributed by atoms with Crippen molar-refractivity contribution in [2.45, 2.75) is 26.2 Å². The Kier molecular flexibility index (Phi) is 6.72. The topological polar surface area (TPSA) is 65.2 Å². The molecule has 1 aliphatic carbocycles. The van der Waals surface area contributed by atoms with Crippen LogP contribution in [-0.4, -0.2) is 50.8 Å². The molecular weight excluding hydrogens is 445 g/mol. The van der Waals surface area contributed by atoms with Gasteiger partial charge in [-0.3, -0.25) is 4.79 Å². The zero-order chi connectivity index (χ0) is 24.2. The molecular formula is C27H28FN5O2. The Morgan fingerprint density at radius 2 is 1.94 bits per heavy atom. The number of allylic oxidation sites excluding steroid dienone is 5.